The summed E-state index contributed by atoms with van der Waals surface area (Å²) in [7, 11) is 0. The molecular weight excluding hydrogens is 308 g/mol. The Morgan fingerprint density at radius 3 is 2.88 bits per heavy atom. The summed E-state index contributed by atoms with van der Waals surface area (Å²) in [4.78, 5) is 12.0. The fraction of sp³-hybridized carbons (Fsp3) is 0.783. The molecule has 0 radical (unpaired) electrons. The van der Waals surface area contributed by atoms with Gasteiger partial charge in [0.05, 0.1) is 12.2 Å². The molecule has 0 aromatic rings. The van der Waals surface area contributed by atoms with Gasteiger partial charge in [-0.15, -0.1) is 0 Å². The van der Waals surface area contributed by atoms with Crippen molar-refractivity contribution in [2.24, 2.45) is 35.0 Å². The highest BCUT2D eigenvalue weighted by atomic mass is 16.5. The molecule has 0 aromatic heterocycles. The number of ether oxygens (including phenoxy) is 1. The maximum atomic E-state index is 12.0. The molecule has 2 heteroatoms. The van der Waals surface area contributed by atoms with Crippen LogP contribution in [0.2, 0.25) is 0 Å². The second-order valence-corrected chi connectivity index (χ2v) is 9.75. The summed E-state index contributed by atoms with van der Waals surface area (Å²) < 4.78 is 6.45. The predicted octanol–water partition coefficient (Wildman–Crippen LogP) is 4.84. The maximum absolute atomic E-state index is 12.0. The monoisotopic (exact) mass is 338 g/mol. The van der Waals surface area contributed by atoms with Crippen molar-refractivity contribution < 1.29 is 9.53 Å². The number of hydrogen-bond donors (Lipinski definition) is 0. The number of hydrogen-bond acceptors (Lipinski definition) is 2. The molecule has 0 amide bonds. The van der Waals surface area contributed by atoms with Gasteiger partial charge in [0.1, 0.15) is 5.78 Å². The third kappa shape index (κ3) is 1.73. The van der Waals surface area contributed by atoms with E-state index in [0.29, 0.717) is 11.2 Å². The van der Waals surface area contributed by atoms with Gasteiger partial charge in [-0.3, -0.25) is 4.79 Å². The van der Waals surface area contributed by atoms with E-state index in [-0.39, 0.29) is 5.60 Å². The van der Waals surface area contributed by atoms with Crippen molar-refractivity contribution in [1.82, 2.24) is 0 Å². The molecule has 1 spiro atoms. The largest absolute Gasteiger partial charge is 0.366 e. The van der Waals surface area contributed by atoms with E-state index >= 15 is 0 Å². The zero-order chi connectivity index (χ0) is 16.8. The lowest BCUT2D eigenvalue weighted by Gasteiger charge is -2.55. The van der Waals surface area contributed by atoms with Crippen LogP contribution in [-0.2, 0) is 9.53 Å². The number of allylic oxidation sites excluding steroid dienone is 2. The smallest absolute Gasteiger partial charge is 0.137 e. The molecule has 0 bridgehead atoms. The molecule has 1 heterocycles. The van der Waals surface area contributed by atoms with Crippen molar-refractivity contribution >= 4 is 5.78 Å². The summed E-state index contributed by atoms with van der Waals surface area (Å²) in [6, 6.07) is 0. The van der Waals surface area contributed by atoms with Crippen LogP contribution >= 0.6 is 0 Å². The molecule has 0 saturated heterocycles. The third-order valence-electron chi connectivity index (χ3n) is 9.37. The van der Waals surface area contributed by atoms with Gasteiger partial charge in [0.15, 0.2) is 0 Å². The minimum absolute atomic E-state index is 0.0545. The summed E-state index contributed by atoms with van der Waals surface area (Å²) >= 11 is 0. The zero-order valence-electron chi connectivity index (χ0n) is 15.4. The topological polar surface area (TPSA) is 26.3 Å². The third-order valence-corrected chi connectivity index (χ3v) is 9.37. The Kier molecular flexibility index (Phi) is 2.97. The highest BCUT2D eigenvalue weighted by Gasteiger charge is 2.68. The van der Waals surface area contributed by atoms with Gasteiger partial charge in [0.2, 0.25) is 0 Å². The Bertz CT molecular complexity index is 703. The van der Waals surface area contributed by atoms with Gasteiger partial charge in [-0.25, -0.2) is 0 Å². The standard InChI is InChI=1S/C23H30O2/c1-2-22-9-6-16-15-5-4-14(24)12-17(15)18-13-19(18)21(16)20(22)7-10-23(22)8-3-11-25-23/h3,8,16,18-21H,2,4-7,9-13H2,1H3/t16?,18-,19?,20?,21?,22+,23+/m1/s1. The number of carbonyl (C=O) groups excluding carboxylic acids is 1. The average molecular weight is 338 g/mol. The fourth-order valence-electron chi connectivity index (χ4n) is 8.43. The lowest BCUT2D eigenvalue weighted by molar-refractivity contribution is -0.120. The van der Waals surface area contributed by atoms with E-state index in [2.05, 4.69) is 19.1 Å². The molecule has 2 nitrogen and oxygen atoms in total. The van der Waals surface area contributed by atoms with E-state index in [0.717, 1.165) is 55.5 Å². The fourth-order valence-corrected chi connectivity index (χ4v) is 8.43. The first-order valence-corrected chi connectivity index (χ1v) is 10.7. The Morgan fingerprint density at radius 1 is 1.16 bits per heavy atom. The number of rotatable bonds is 1. The summed E-state index contributed by atoms with van der Waals surface area (Å²) in [5.41, 5.74) is 3.82. The normalized spacial score (nSPS) is 52.8. The van der Waals surface area contributed by atoms with E-state index in [9.17, 15) is 4.79 Å². The first kappa shape index (κ1) is 15.2. The van der Waals surface area contributed by atoms with Crippen molar-refractivity contribution in [3.05, 3.63) is 23.3 Å². The van der Waals surface area contributed by atoms with Gasteiger partial charge in [-0.2, -0.15) is 0 Å². The number of ketones is 1. The molecule has 0 N–H and O–H groups in total. The Balaban J connectivity index is 1.42. The van der Waals surface area contributed by atoms with Crippen LogP contribution in [0, 0.1) is 35.0 Å². The predicted molar refractivity (Wildman–Crippen MR) is 97.0 cm³/mol. The molecular formula is C23H30O2. The van der Waals surface area contributed by atoms with Crippen molar-refractivity contribution in [2.45, 2.75) is 70.3 Å². The lowest BCUT2D eigenvalue weighted by Crippen LogP contribution is -2.53. The summed E-state index contributed by atoms with van der Waals surface area (Å²) in [6.07, 6.45) is 15.4. The second-order valence-electron chi connectivity index (χ2n) is 9.75. The van der Waals surface area contributed by atoms with E-state index in [1.165, 1.54) is 38.5 Å². The highest BCUT2D eigenvalue weighted by Crippen LogP contribution is 2.72. The molecule has 0 aromatic carbocycles. The molecule has 4 unspecified atom stereocenters. The maximum Gasteiger partial charge on any atom is 0.137 e. The highest BCUT2D eigenvalue weighted by molar-refractivity contribution is 5.83. The molecule has 25 heavy (non-hydrogen) atoms. The second kappa shape index (κ2) is 4.88. The summed E-state index contributed by atoms with van der Waals surface area (Å²) in [5.74, 6) is 4.72. The molecule has 6 aliphatic rings. The lowest BCUT2D eigenvalue weighted by atomic mass is 9.51. The molecule has 134 valence electrons. The van der Waals surface area contributed by atoms with Gasteiger partial charge >= 0.3 is 0 Å². The first-order chi connectivity index (χ1) is 12.2. The molecule has 3 fully saturated rings. The Morgan fingerprint density at radius 2 is 2.08 bits per heavy atom. The number of Topliss-reactive ketones (excluding diaryl/α,β-unsaturated/α-hetero) is 1. The number of carbonyl (C=O) groups is 1. The van der Waals surface area contributed by atoms with Crippen LogP contribution in [0.3, 0.4) is 0 Å². The van der Waals surface area contributed by atoms with Gasteiger partial charge < -0.3 is 4.74 Å². The van der Waals surface area contributed by atoms with Gasteiger partial charge in [0, 0.05) is 18.3 Å². The van der Waals surface area contributed by atoms with Gasteiger partial charge in [0.25, 0.3) is 0 Å². The number of fused-ring (bicyclic) bond motifs is 8. The molecule has 7 atom stereocenters. The van der Waals surface area contributed by atoms with Crippen molar-refractivity contribution in [3.8, 4) is 0 Å². The van der Waals surface area contributed by atoms with E-state index in [4.69, 9.17) is 4.74 Å². The van der Waals surface area contributed by atoms with Crippen molar-refractivity contribution in [3.63, 3.8) is 0 Å². The van der Waals surface area contributed by atoms with Crippen LogP contribution in [-0.4, -0.2) is 18.0 Å². The van der Waals surface area contributed by atoms with Crippen LogP contribution in [0.5, 0.6) is 0 Å². The zero-order valence-corrected chi connectivity index (χ0v) is 15.4. The van der Waals surface area contributed by atoms with Crippen LogP contribution in [0.4, 0.5) is 0 Å². The van der Waals surface area contributed by atoms with Gasteiger partial charge in [-0.05, 0) is 74.5 Å². The average Bonchev–Trinajstić information content (AvgIpc) is 3.18. The van der Waals surface area contributed by atoms with Crippen LogP contribution in [0.1, 0.15) is 64.7 Å². The van der Waals surface area contributed by atoms with E-state index < -0.39 is 0 Å². The van der Waals surface area contributed by atoms with Crippen LogP contribution in [0.15, 0.2) is 23.3 Å². The van der Waals surface area contributed by atoms with Gasteiger partial charge in [-0.1, -0.05) is 30.2 Å². The minimum Gasteiger partial charge on any atom is -0.366 e. The molecule has 3 saturated carbocycles. The minimum atomic E-state index is 0.0545. The molecule has 1 aliphatic heterocycles. The summed E-state index contributed by atoms with van der Waals surface area (Å²) in [6.45, 7) is 3.25. The van der Waals surface area contributed by atoms with Crippen LogP contribution < -0.4 is 0 Å². The summed E-state index contributed by atoms with van der Waals surface area (Å²) in [5, 5.41) is 0. The van der Waals surface area contributed by atoms with Crippen molar-refractivity contribution in [1.29, 1.82) is 0 Å². The molecule has 6 rings (SSSR count). The SMILES string of the molecule is CC[C@]12CCC3C4=C(CC(=O)CC4)[C@H]4CC4C3C1CC[C@@]21C=CCO1. The quantitative estimate of drug-likeness (QED) is 0.639. The van der Waals surface area contributed by atoms with E-state index in [1.807, 2.05) is 0 Å². The van der Waals surface area contributed by atoms with E-state index in [1.54, 1.807) is 11.1 Å². The Hall–Kier alpha value is -0.890. The van der Waals surface area contributed by atoms with Crippen molar-refractivity contribution in [2.75, 3.05) is 6.61 Å². The Labute approximate surface area is 151 Å². The van der Waals surface area contributed by atoms with Crippen LogP contribution in [0.25, 0.3) is 0 Å². The molecule has 5 aliphatic carbocycles. The first-order valence-electron chi connectivity index (χ1n) is 10.7.